The molecule has 0 saturated heterocycles. The van der Waals surface area contributed by atoms with Gasteiger partial charge in [0, 0.05) is 5.69 Å². The summed E-state index contributed by atoms with van der Waals surface area (Å²) in [6.45, 7) is 4.08. The SMILES string of the molecule is Cc1cccc(C)c1Nc1ccc(NS(=O)(=O)CCc2ccccc2)nc1. The second-order valence-corrected chi connectivity index (χ2v) is 8.32. The van der Waals surface area contributed by atoms with Crippen LogP contribution < -0.4 is 10.0 Å². The van der Waals surface area contributed by atoms with Gasteiger partial charge < -0.3 is 5.32 Å². The van der Waals surface area contributed by atoms with Crippen LogP contribution in [0.15, 0.2) is 66.9 Å². The van der Waals surface area contributed by atoms with Crippen molar-refractivity contribution in [1.82, 2.24) is 4.98 Å². The summed E-state index contributed by atoms with van der Waals surface area (Å²) in [7, 11) is -3.45. The second kappa shape index (κ2) is 8.22. The van der Waals surface area contributed by atoms with Gasteiger partial charge in [-0.2, -0.15) is 0 Å². The number of anilines is 3. The highest BCUT2D eigenvalue weighted by Gasteiger charge is 2.12. The lowest BCUT2D eigenvalue weighted by molar-refractivity contribution is 0.600. The van der Waals surface area contributed by atoms with Gasteiger partial charge >= 0.3 is 0 Å². The number of rotatable bonds is 7. The molecule has 5 nitrogen and oxygen atoms in total. The van der Waals surface area contributed by atoms with Crippen molar-refractivity contribution < 1.29 is 8.42 Å². The number of hydrogen-bond acceptors (Lipinski definition) is 4. The molecule has 27 heavy (non-hydrogen) atoms. The van der Waals surface area contributed by atoms with Gasteiger partial charge in [-0.3, -0.25) is 4.72 Å². The van der Waals surface area contributed by atoms with E-state index in [0.29, 0.717) is 12.2 Å². The Kier molecular flexibility index (Phi) is 5.76. The monoisotopic (exact) mass is 381 g/mol. The van der Waals surface area contributed by atoms with E-state index in [2.05, 4.69) is 15.0 Å². The molecule has 0 unspecified atom stereocenters. The Bertz CT molecular complexity index is 981. The minimum Gasteiger partial charge on any atom is -0.354 e. The number of aromatic nitrogens is 1. The molecule has 3 aromatic rings. The Morgan fingerprint density at radius 1 is 0.889 bits per heavy atom. The number of sulfonamides is 1. The lowest BCUT2D eigenvalue weighted by Crippen LogP contribution is -2.18. The molecule has 0 radical (unpaired) electrons. The van der Waals surface area contributed by atoms with Gasteiger partial charge in [-0.1, -0.05) is 48.5 Å². The van der Waals surface area contributed by atoms with Crippen molar-refractivity contribution in [2.24, 2.45) is 0 Å². The van der Waals surface area contributed by atoms with E-state index in [0.717, 1.165) is 28.1 Å². The van der Waals surface area contributed by atoms with Crippen LogP contribution in [0, 0.1) is 13.8 Å². The Balaban J connectivity index is 1.63. The minimum atomic E-state index is -3.45. The number of hydrogen-bond donors (Lipinski definition) is 2. The van der Waals surface area contributed by atoms with Crippen LogP contribution >= 0.6 is 0 Å². The van der Waals surface area contributed by atoms with E-state index in [1.54, 1.807) is 12.3 Å². The third-order valence-electron chi connectivity index (χ3n) is 4.28. The van der Waals surface area contributed by atoms with E-state index in [1.807, 2.05) is 68.4 Å². The van der Waals surface area contributed by atoms with Crippen molar-refractivity contribution in [2.45, 2.75) is 20.3 Å². The summed E-state index contributed by atoms with van der Waals surface area (Å²) in [5.41, 5.74) is 5.11. The van der Waals surface area contributed by atoms with Crippen molar-refractivity contribution in [3.05, 3.63) is 83.6 Å². The fraction of sp³-hybridized carbons (Fsp3) is 0.190. The molecule has 140 valence electrons. The van der Waals surface area contributed by atoms with E-state index in [-0.39, 0.29) is 5.75 Å². The number of pyridine rings is 1. The third-order valence-corrected chi connectivity index (χ3v) is 5.54. The van der Waals surface area contributed by atoms with Crippen LogP contribution in [0.5, 0.6) is 0 Å². The van der Waals surface area contributed by atoms with Crippen LogP contribution in [0.3, 0.4) is 0 Å². The third kappa shape index (κ3) is 5.31. The van der Waals surface area contributed by atoms with E-state index >= 15 is 0 Å². The molecule has 0 fully saturated rings. The van der Waals surface area contributed by atoms with Gasteiger partial charge in [0.25, 0.3) is 0 Å². The molecule has 0 aliphatic heterocycles. The number of nitrogens with zero attached hydrogens (tertiary/aromatic N) is 1. The molecule has 2 N–H and O–H groups in total. The molecule has 0 spiro atoms. The molecule has 0 aliphatic carbocycles. The molecule has 6 heteroatoms. The second-order valence-electron chi connectivity index (χ2n) is 6.48. The average Bonchev–Trinajstić information content (AvgIpc) is 2.65. The molecule has 0 atom stereocenters. The quantitative estimate of drug-likeness (QED) is 0.635. The van der Waals surface area contributed by atoms with Crippen molar-refractivity contribution in [1.29, 1.82) is 0 Å². The number of benzene rings is 2. The number of aryl methyl sites for hydroxylation is 3. The van der Waals surface area contributed by atoms with Crippen LogP contribution in [0.25, 0.3) is 0 Å². The van der Waals surface area contributed by atoms with Gasteiger partial charge in [0.05, 0.1) is 17.6 Å². The summed E-state index contributed by atoms with van der Waals surface area (Å²) in [6, 6.07) is 19.1. The highest BCUT2D eigenvalue weighted by molar-refractivity contribution is 7.92. The Labute approximate surface area is 160 Å². The van der Waals surface area contributed by atoms with Crippen molar-refractivity contribution >= 4 is 27.2 Å². The first-order valence-corrected chi connectivity index (χ1v) is 10.4. The van der Waals surface area contributed by atoms with Gasteiger partial charge in [-0.15, -0.1) is 0 Å². The van der Waals surface area contributed by atoms with E-state index in [1.165, 1.54) is 0 Å². The van der Waals surface area contributed by atoms with Crippen LogP contribution in [-0.4, -0.2) is 19.2 Å². The molecule has 1 aromatic heterocycles. The largest absolute Gasteiger partial charge is 0.354 e. The van der Waals surface area contributed by atoms with E-state index in [4.69, 9.17) is 0 Å². The zero-order chi connectivity index (χ0) is 19.3. The van der Waals surface area contributed by atoms with Crippen LogP contribution in [0.2, 0.25) is 0 Å². The normalized spacial score (nSPS) is 11.2. The van der Waals surface area contributed by atoms with Crippen molar-refractivity contribution in [2.75, 3.05) is 15.8 Å². The summed E-state index contributed by atoms with van der Waals surface area (Å²) in [5, 5.41) is 3.34. The maximum absolute atomic E-state index is 12.3. The molecular weight excluding hydrogens is 358 g/mol. The fourth-order valence-corrected chi connectivity index (χ4v) is 3.84. The molecule has 3 rings (SSSR count). The van der Waals surface area contributed by atoms with Gasteiger partial charge in [-0.05, 0) is 49.1 Å². The predicted molar refractivity (Wildman–Crippen MR) is 111 cm³/mol. The first-order valence-electron chi connectivity index (χ1n) is 8.77. The van der Waals surface area contributed by atoms with Gasteiger partial charge in [0.2, 0.25) is 10.0 Å². The summed E-state index contributed by atoms with van der Waals surface area (Å²) >= 11 is 0. The van der Waals surface area contributed by atoms with Crippen LogP contribution in [-0.2, 0) is 16.4 Å². The standard InChI is InChI=1S/C21H23N3O2S/c1-16-7-6-8-17(2)21(16)23-19-11-12-20(22-15-19)24-27(25,26)14-13-18-9-4-3-5-10-18/h3-12,15,23H,13-14H2,1-2H3,(H,22,24). The Morgan fingerprint density at radius 2 is 1.59 bits per heavy atom. The molecule has 0 saturated carbocycles. The van der Waals surface area contributed by atoms with Crippen molar-refractivity contribution in [3.63, 3.8) is 0 Å². The van der Waals surface area contributed by atoms with Gasteiger partial charge in [0.1, 0.15) is 5.82 Å². The minimum absolute atomic E-state index is 0.0150. The summed E-state index contributed by atoms with van der Waals surface area (Å²) in [5.74, 6) is 0.330. The van der Waals surface area contributed by atoms with Crippen LogP contribution in [0.1, 0.15) is 16.7 Å². The lowest BCUT2D eigenvalue weighted by Gasteiger charge is -2.13. The lowest BCUT2D eigenvalue weighted by atomic mass is 10.1. The molecule has 2 aromatic carbocycles. The maximum Gasteiger partial charge on any atom is 0.234 e. The average molecular weight is 382 g/mol. The van der Waals surface area contributed by atoms with Crippen molar-refractivity contribution in [3.8, 4) is 0 Å². The molecule has 1 heterocycles. The number of para-hydroxylation sites is 1. The summed E-state index contributed by atoms with van der Waals surface area (Å²) < 4.78 is 27.1. The van der Waals surface area contributed by atoms with E-state index < -0.39 is 10.0 Å². The first kappa shape index (κ1) is 18.9. The molecule has 0 aliphatic rings. The zero-order valence-electron chi connectivity index (χ0n) is 15.4. The Hall–Kier alpha value is -2.86. The predicted octanol–water partition coefficient (Wildman–Crippen LogP) is 4.43. The smallest absolute Gasteiger partial charge is 0.234 e. The summed E-state index contributed by atoms with van der Waals surface area (Å²) in [4.78, 5) is 4.22. The highest BCUT2D eigenvalue weighted by Crippen LogP contribution is 2.24. The molecular formula is C21H23N3O2S. The van der Waals surface area contributed by atoms with Gasteiger partial charge in [0.15, 0.2) is 0 Å². The summed E-state index contributed by atoms with van der Waals surface area (Å²) in [6.07, 6.45) is 2.09. The fourth-order valence-electron chi connectivity index (χ4n) is 2.79. The number of nitrogens with one attached hydrogen (secondary N) is 2. The van der Waals surface area contributed by atoms with Crippen LogP contribution in [0.4, 0.5) is 17.2 Å². The maximum atomic E-state index is 12.3. The molecule has 0 bridgehead atoms. The highest BCUT2D eigenvalue weighted by atomic mass is 32.2. The Morgan fingerprint density at radius 3 is 2.22 bits per heavy atom. The topological polar surface area (TPSA) is 71.1 Å². The van der Waals surface area contributed by atoms with Gasteiger partial charge in [-0.25, -0.2) is 13.4 Å². The first-order chi connectivity index (χ1) is 12.9. The molecule has 0 amide bonds. The van der Waals surface area contributed by atoms with E-state index in [9.17, 15) is 8.42 Å². The zero-order valence-corrected chi connectivity index (χ0v) is 16.3.